The van der Waals surface area contributed by atoms with Gasteiger partial charge in [-0.05, 0) is 6.42 Å². The van der Waals surface area contributed by atoms with Gasteiger partial charge in [-0.2, -0.15) is 0 Å². The molecule has 1 rings (SSSR count). The van der Waals surface area contributed by atoms with E-state index in [0.29, 0.717) is 5.56 Å². The molecule has 6 heteroatoms. The molecule has 1 heterocycles. The van der Waals surface area contributed by atoms with Crippen LogP contribution in [-0.4, -0.2) is 38.0 Å². The van der Waals surface area contributed by atoms with Gasteiger partial charge >= 0.3 is 0 Å². The molecule has 0 saturated carbocycles. The van der Waals surface area contributed by atoms with E-state index in [2.05, 4.69) is 9.97 Å². The zero-order valence-electron chi connectivity index (χ0n) is 7.54. The molecule has 0 spiro atoms. The average molecular weight is 199 g/mol. The topological polar surface area (TPSA) is 112 Å². The van der Waals surface area contributed by atoms with E-state index in [1.54, 1.807) is 0 Å². The van der Waals surface area contributed by atoms with E-state index in [9.17, 15) is 10.2 Å². The minimum Gasteiger partial charge on any atom is -0.396 e. The van der Waals surface area contributed by atoms with Gasteiger partial charge in [0, 0.05) is 24.6 Å². The van der Waals surface area contributed by atoms with Gasteiger partial charge in [-0.3, -0.25) is 0 Å². The second-order valence-corrected chi connectivity index (χ2v) is 2.90. The lowest BCUT2D eigenvalue weighted by molar-refractivity contribution is 0.00387. The maximum Gasteiger partial charge on any atom is 0.219 e. The maximum atomic E-state index is 9.53. The summed E-state index contributed by atoms with van der Waals surface area (Å²) in [6.45, 7) is -0.186. The van der Waals surface area contributed by atoms with E-state index in [0.717, 1.165) is 0 Å². The van der Waals surface area contributed by atoms with Crippen LogP contribution in [0.1, 0.15) is 18.1 Å². The number of nitrogens with two attached hydrogens (primary N) is 1. The molecule has 0 aliphatic carbocycles. The van der Waals surface area contributed by atoms with Crippen LogP contribution >= 0.6 is 0 Å². The first-order chi connectivity index (χ1) is 6.65. The highest BCUT2D eigenvalue weighted by Gasteiger charge is 2.18. The van der Waals surface area contributed by atoms with Crippen LogP contribution in [-0.2, 0) is 0 Å². The van der Waals surface area contributed by atoms with Crippen LogP contribution in [0.5, 0.6) is 0 Å². The Kier molecular flexibility index (Phi) is 3.75. The molecule has 2 atom stereocenters. The van der Waals surface area contributed by atoms with Gasteiger partial charge in [-0.1, -0.05) is 0 Å². The summed E-state index contributed by atoms with van der Waals surface area (Å²) in [7, 11) is 0. The molecule has 2 unspecified atom stereocenters. The molecule has 1 aromatic heterocycles. The van der Waals surface area contributed by atoms with Gasteiger partial charge in [0.2, 0.25) is 5.95 Å². The summed E-state index contributed by atoms with van der Waals surface area (Å²) in [5.41, 5.74) is 5.63. The second-order valence-electron chi connectivity index (χ2n) is 2.90. The summed E-state index contributed by atoms with van der Waals surface area (Å²) in [4.78, 5) is 7.35. The van der Waals surface area contributed by atoms with Gasteiger partial charge in [0.05, 0.1) is 6.10 Å². The summed E-state index contributed by atoms with van der Waals surface area (Å²) in [6.07, 6.45) is 0.669. The SMILES string of the molecule is Nc1ncc(C(O)C(O)CCO)cn1. The number of hydrogen-bond acceptors (Lipinski definition) is 6. The molecule has 1 aromatic rings. The van der Waals surface area contributed by atoms with Crippen molar-refractivity contribution in [3.8, 4) is 0 Å². The minimum absolute atomic E-state index is 0.103. The van der Waals surface area contributed by atoms with E-state index in [-0.39, 0.29) is 19.0 Å². The average Bonchev–Trinajstić information content (AvgIpc) is 2.18. The molecular weight excluding hydrogens is 186 g/mol. The van der Waals surface area contributed by atoms with Crippen molar-refractivity contribution in [1.29, 1.82) is 0 Å². The Balaban J connectivity index is 2.68. The first kappa shape index (κ1) is 10.8. The van der Waals surface area contributed by atoms with Gasteiger partial charge in [-0.25, -0.2) is 9.97 Å². The second kappa shape index (κ2) is 4.85. The van der Waals surface area contributed by atoms with Crippen molar-refractivity contribution in [3.63, 3.8) is 0 Å². The van der Waals surface area contributed by atoms with Crippen molar-refractivity contribution in [3.05, 3.63) is 18.0 Å². The van der Waals surface area contributed by atoms with Crippen LogP contribution in [0.2, 0.25) is 0 Å². The van der Waals surface area contributed by atoms with Gasteiger partial charge in [0.15, 0.2) is 0 Å². The van der Waals surface area contributed by atoms with Crippen molar-refractivity contribution in [2.75, 3.05) is 12.3 Å². The Morgan fingerprint density at radius 1 is 1.29 bits per heavy atom. The first-order valence-corrected chi connectivity index (χ1v) is 4.19. The Labute approximate surface area is 81.1 Å². The predicted molar refractivity (Wildman–Crippen MR) is 49.1 cm³/mol. The Bertz CT molecular complexity index is 278. The lowest BCUT2D eigenvalue weighted by Gasteiger charge is -2.16. The molecule has 0 radical (unpaired) electrons. The molecule has 14 heavy (non-hydrogen) atoms. The molecule has 0 saturated heterocycles. The monoisotopic (exact) mass is 199 g/mol. The number of aliphatic hydroxyl groups is 3. The Hall–Kier alpha value is -1.24. The Morgan fingerprint density at radius 2 is 1.86 bits per heavy atom. The summed E-state index contributed by atoms with van der Waals surface area (Å²) in [5.74, 6) is 0.109. The summed E-state index contributed by atoms with van der Waals surface area (Å²) in [5, 5.41) is 27.4. The lowest BCUT2D eigenvalue weighted by atomic mass is 10.1. The molecule has 6 nitrogen and oxygen atoms in total. The fourth-order valence-corrected chi connectivity index (χ4v) is 1.01. The van der Waals surface area contributed by atoms with Crippen LogP contribution in [0.4, 0.5) is 5.95 Å². The zero-order valence-corrected chi connectivity index (χ0v) is 7.54. The molecular formula is C8H13N3O3. The van der Waals surface area contributed by atoms with Crippen LogP contribution in [0, 0.1) is 0 Å². The maximum absolute atomic E-state index is 9.53. The highest BCUT2D eigenvalue weighted by Crippen LogP contribution is 2.17. The summed E-state index contributed by atoms with van der Waals surface area (Å²) in [6, 6.07) is 0. The van der Waals surface area contributed by atoms with Crippen LogP contribution in [0.15, 0.2) is 12.4 Å². The summed E-state index contributed by atoms with van der Waals surface area (Å²) < 4.78 is 0. The number of aromatic nitrogens is 2. The van der Waals surface area contributed by atoms with E-state index in [1.165, 1.54) is 12.4 Å². The Morgan fingerprint density at radius 3 is 2.36 bits per heavy atom. The fraction of sp³-hybridized carbons (Fsp3) is 0.500. The molecule has 5 N–H and O–H groups in total. The van der Waals surface area contributed by atoms with Crippen molar-refractivity contribution in [2.24, 2.45) is 0 Å². The third-order valence-electron chi connectivity index (χ3n) is 1.82. The van der Waals surface area contributed by atoms with Gasteiger partial charge in [0.25, 0.3) is 0 Å². The molecule has 0 amide bonds. The van der Waals surface area contributed by atoms with Gasteiger partial charge in [-0.15, -0.1) is 0 Å². The molecule has 0 bridgehead atoms. The third-order valence-corrected chi connectivity index (χ3v) is 1.82. The number of nitrogen functional groups attached to an aromatic ring is 1. The number of nitrogens with zero attached hydrogens (tertiary/aromatic N) is 2. The van der Waals surface area contributed by atoms with E-state index in [4.69, 9.17) is 10.8 Å². The van der Waals surface area contributed by atoms with Crippen LogP contribution in [0.3, 0.4) is 0 Å². The van der Waals surface area contributed by atoms with E-state index < -0.39 is 12.2 Å². The predicted octanol–water partition coefficient (Wildman–Crippen LogP) is -1.16. The van der Waals surface area contributed by atoms with Crippen molar-refractivity contribution in [2.45, 2.75) is 18.6 Å². The number of hydrogen-bond donors (Lipinski definition) is 4. The molecule has 0 fully saturated rings. The quantitative estimate of drug-likeness (QED) is 0.486. The standard InChI is InChI=1S/C8H13N3O3/c9-8-10-3-5(4-11-8)7(14)6(13)1-2-12/h3-4,6-7,12-14H,1-2H2,(H2,9,10,11). The normalized spacial score (nSPS) is 15.1. The number of anilines is 1. The van der Waals surface area contributed by atoms with Crippen molar-refractivity contribution >= 4 is 5.95 Å². The zero-order chi connectivity index (χ0) is 10.6. The molecule has 78 valence electrons. The smallest absolute Gasteiger partial charge is 0.219 e. The third kappa shape index (κ3) is 2.63. The lowest BCUT2D eigenvalue weighted by Crippen LogP contribution is -2.20. The van der Waals surface area contributed by atoms with Crippen molar-refractivity contribution in [1.82, 2.24) is 9.97 Å². The highest BCUT2D eigenvalue weighted by atomic mass is 16.3. The van der Waals surface area contributed by atoms with Crippen LogP contribution < -0.4 is 5.73 Å². The largest absolute Gasteiger partial charge is 0.396 e. The fourth-order valence-electron chi connectivity index (χ4n) is 1.01. The first-order valence-electron chi connectivity index (χ1n) is 4.19. The van der Waals surface area contributed by atoms with Gasteiger partial charge in [0.1, 0.15) is 6.10 Å². The van der Waals surface area contributed by atoms with Crippen LogP contribution in [0.25, 0.3) is 0 Å². The van der Waals surface area contributed by atoms with Crippen molar-refractivity contribution < 1.29 is 15.3 Å². The molecule has 0 aliphatic heterocycles. The number of rotatable bonds is 4. The molecule has 0 aromatic carbocycles. The highest BCUT2D eigenvalue weighted by molar-refractivity contribution is 5.19. The van der Waals surface area contributed by atoms with Gasteiger partial charge < -0.3 is 21.1 Å². The number of aliphatic hydroxyl groups excluding tert-OH is 3. The van der Waals surface area contributed by atoms with E-state index >= 15 is 0 Å². The molecule has 0 aliphatic rings. The summed E-state index contributed by atoms with van der Waals surface area (Å²) >= 11 is 0. The minimum atomic E-state index is -1.09. The van der Waals surface area contributed by atoms with E-state index in [1.807, 2.05) is 0 Å².